The Balaban J connectivity index is 2.16. The molecule has 0 saturated carbocycles. The van der Waals surface area contributed by atoms with Crippen molar-refractivity contribution < 1.29 is 9.84 Å². The van der Waals surface area contributed by atoms with Crippen LogP contribution < -0.4 is 4.90 Å². The lowest BCUT2D eigenvalue weighted by Gasteiger charge is -2.23. The Hall–Kier alpha value is -0.650. The molecular formula is C11H15BrN2O2. The molecule has 0 amide bonds. The maximum atomic E-state index is 9.33. The number of halogens is 1. The van der Waals surface area contributed by atoms with Crippen LogP contribution in [0.2, 0.25) is 0 Å². The molecule has 16 heavy (non-hydrogen) atoms. The third-order valence-corrected chi connectivity index (χ3v) is 3.40. The first kappa shape index (κ1) is 11.8. The topological polar surface area (TPSA) is 45.6 Å². The minimum Gasteiger partial charge on any atom is -0.394 e. The molecule has 0 aliphatic carbocycles. The van der Waals surface area contributed by atoms with Gasteiger partial charge in [0.05, 0.1) is 18.8 Å². The van der Waals surface area contributed by atoms with Crippen molar-refractivity contribution in [1.82, 2.24) is 4.98 Å². The summed E-state index contributed by atoms with van der Waals surface area (Å²) in [7, 11) is 1.71. The van der Waals surface area contributed by atoms with Crippen molar-refractivity contribution >= 4 is 21.7 Å². The molecule has 0 spiro atoms. The van der Waals surface area contributed by atoms with Crippen LogP contribution in [0.25, 0.3) is 0 Å². The van der Waals surface area contributed by atoms with E-state index in [1.54, 1.807) is 13.3 Å². The summed E-state index contributed by atoms with van der Waals surface area (Å²) in [6.45, 7) is 0.925. The summed E-state index contributed by atoms with van der Waals surface area (Å²) in [5, 5.41) is 9.33. The first-order valence-corrected chi connectivity index (χ1v) is 6.05. The predicted molar refractivity (Wildman–Crippen MR) is 65.6 cm³/mol. The molecule has 1 fully saturated rings. The minimum atomic E-state index is 0.110. The van der Waals surface area contributed by atoms with E-state index < -0.39 is 0 Å². The smallest absolute Gasteiger partial charge is 0.128 e. The van der Waals surface area contributed by atoms with Crippen LogP contribution in [0.4, 0.5) is 5.82 Å². The molecule has 0 unspecified atom stereocenters. The van der Waals surface area contributed by atoms with Crippen LogP contribution in [0, 0.1) is 0 Å². The molecule has 0 aromatic carbocycles. The van der Waals surface area contributed by atoms with Gasteiger partial charge in [-0.15, -0.1) is 0 Å². The Morgan fingerprint density at radius 3 is 3.00 bits per heavy atom. The summed E-state index contributed by atoms with van der Waals surface area (Å²) in [5.74, 6) is 0.891. The lowest BCUT2D eigenvalue weighted by molar-refractivity contribution is 0.115. The molecule has 2 rings (SSSR count). The van der Waals surface area contributed by atoms with E-state index in [0.29, 0.717) is 0 Å². The zero-order valence-electron chi connectivity index (χ0n) is 9.14. The first-order valence-electron chi connectivity index (χ1n) is 5.26. The maximum absolute atomic E-state index is 9.33. The Kier molecular flexibility index (Phi) is 3.78. The van der Waals surface area contributed by atoms with Crippen molar-refractivity contribution in [3.05, 3.63) is 22.8 Å². The number of hydrogen-bond donors (Lipinski definition) is 1. The van der Waals surface area contributed by atoms with Crippen molar-refractivity contribution in [2.24, 2.45) is 0 Å². The van der Waals surface area contributed by atoms with Crippen LogP contribution in [0.1, 0.15) is 6.42 Å². The van der Waals surface area contributed by atoms with Gasteiger partial charge in [0.2, 0.25) is 0 Å². The number of pyridine rings is 1. The summed E-state index contributed by atoms with van der Waals surface area (Å²) in [4.78, 5) is 6.44. The van der Waals surface area contributed by atoms with Crippen molar-refractivity contribution in [3.63, 3.8) is 0 Å². The molecule has 2 atom stereocenters. The van der Waals surface area contributed by atoms with Crippen LogP contribution in [0.15, 0.2) is 22.8 Å². The number of ether oxygens (including phenoxy) is 1. The second kappa shape index (κ2) is 5.12. The lowest BCUT2D eigenvalue weighted by Crippen LogP contribution is -2.33. The van der Waals surface area contributed by atoms with E-state index in [9.17, 15) is 5.11 Å². The summed E-state index contributed by atoms with van der Waals surface area (Å²) in [6, 6.07) is 4.01. The van der Waals surface area contributed by atoms with E-state index in [-0.39, 0.29) is 18.8 Å². The second-order valence-corrected chi connectivity index (χ2v) is 4.83. The van der Waals surface area contributed by atoms with E-state index in [0.717, 1.165) is 23.3 Å². The van der Waals surface area contributed by atoms with Gasteiger partial charge in [-0.25, -0.2) is 4.98 Å². The van der Waals surface area contributed by atoms with Gasteiger partial charge >= 0.3 is 0 Å². The van der Waals surface area contributed by atoms with Crippen LogP contribution in [-0.2, 0) is 4.74 Å². The number of aliphatic hydroxyl groups is 1. The number of aromatic nitrogens is 1. The van der Waals surface area contributed by atoms with Crippen LogP contribution in [0.5, 0.6) is 0 Å². The quantitative estimate of drug-likeness (QED) is 0.913. The Morgan fingerprint density at radius 1 is 1.62 bits per heavy atom. The van der Waals surface area contributed by atoms with E-state index in [2.05, 4.69) is 25.8 Å². The van der Waals surface area contributed by atoms with Gasteiger partial charge in [0, 0.05) is 24.3 Å². The van der Waals surface area contributed by atoms with Crippen LogP contribution in [0.3, 0.4) is 0 Å². The highest BCUT2D eigenvalue weighted by molar-refractivity contribution is 9.10. The zero-order chi connectivity index (χ0) is 11.5. The molecule has 88 valence electrons. The number of hydrogen-bond acceptors (Lipinski definition) is 4. The Morgan fingerprint density at radius 2 is 2.44 bits per heavy atom. The average molecular weight is 287 g/mol. The van der Waals surface area contributed by atoms with Crippen molar-refractivity contribution in [3.8, 4) is 0 Å². The number of aliphatic hydroxyl groups excluding tert-OH is 1. The van der Waals surface area contributed by atoms with E-state index in [1.165, 1.54) is 0 Å². The molecule has 2 heterocycles. The van der Waals surface area contributed by atoms with Gasteiger partial charge in [-0.3, -0.25) is 0 Å². The lowest BCUT2D eigenvalue weighted by atomic mass is 10.2. The van der Waals surface area contributed by atoms with Crippen molar-refractivity contribution in [2.75, 3.05) is 25.2 Å². The highest BCUT2D eigenvalue weighted by Gasteiger charge is 2.32. The molecule has 0 bridgehead atoms. The summed E-state index contributed by atoms with van der Waals surface area (Å²) < 4.78 is 6.29. The molecule has 1 aromatic rings. The van der Waals surface area contributed by atoms with Gasteiger partial charge in [-0.1, -0.05) is 0 Å². The third kappa shape index (κ3) is 2.36. The summed E-state index contributed by atoms with van der Waals surface area (Å²) >= 11 is 3.36. The zero-order valence-corrected chi connectivity index (χ0v) is 10.7. The van der Waals surface area contributed by atoms with Crippen molar-refractivity contribution in [2.45, 2.75) is 18.6 Å². The molecule has 1 aliphatic rings. The maximum Gasteiger partial charge on any atom is 0.128 e. The predicted octanol–water partition coefficient (Wildman–Crippen LogP) is 1.43. The Labute approximate surface area is 103 Å². The summed E-state index contributed by atoms with van der Waals surface area (Å²) in [6.07, 6.45) is 2.80. The monoisotopic (exact) mass is 286 g/mol. The first-order chi connectivity index (χ1) is 7.74. The van der Waals surface area contributed by atoms with E-state index in [4.69, 9.17) is 4.74 Å². The number of rotatable bonds is 3. The van der Waals surface area contributed by atoms with Gasteiger partial charge in [-0.05, 0) is 34.5 Å². The third-order valence-electron chi connectivity index (χ3n) is 2.93. The molecular weight excluding hydrogens is 272 g/mol. The molecule has 4 nitrogen and oxygen atoms in total. The van der Waals surface area contributed by atoms with Crippen molar-refractivity contribution in [1.29, 1.82) is 0 Å². The van der Waals surface area contributed by atoms with Gasteiger partial charge in [0.25, 0.3) is 0 Å². The fourth-order valence-electron chi connectivity index (χ4n) is 2.04. The molecule has 1 aromatic heterocycles. The van der Waals surface area contributed by atoms with Gasteiger partial charge < -0.3 is 14.7 Å². The number of methoxy groups -OCH3 is 1. The average Bonchev–Trinajstić information content (AvgIpc) is 2.73. The molecule has 0 radical (unpaired) electrons. The molecule has 5 heteroatoms. The van der Waals surface area contributed by atoms with Gasteiger partial charge in [-0.2, -0.15) is 0 Å². The van der Waals surface area contributed by atoms with E-state index in [1.807, 2.05) is 12.1 Å². The largest absolute Gasteiger partial charge is 0.394 e. The highest BCUT2D eigenvalue weighted by Crippen LogP contribution is 2.25. The number of anilines is 1. The molecule has 1 aliphatic heterocycles. The highest BCUT2D eigenvalue weighted by atomic mass is 79.9. The normalized spacial score (nSPS) is 25.1. The Bertz CT molecular complexity index is 344. The van der Waals surface area contributed by atoms with E-state index >= 15 is 0 Å². The van der Waals surface area contributed by atoms with Crippen LogP contribution in [-0.4, -0.2) is 42.5 Å². The fraction of sp³-hybridized carbons (Fsp3) is 0.545. The second-order valence-electron chi connectivity index (χ2n) is 3.92. The fourth-order valence-corrected chi connectivity index (χ4v) is 2.27. The van der Waals surface area contributed by atoms with Gasteiger partial charge in [0.15, 0.2) is 0 Å². The number of nitrogens with zero attached hydrogens (tertiary/aromatic N) is 2. The summed E-state index contributed by atoms with van der Waals surface area (Å²) in [5.41, 5.74) is 0. The van der Waals surface area contributed by atoms with Crippen LogP contribution >= 0.6 is 15.9 Å². The SMILES string of the molecule is CO[C@H]1C[C@@H](CO)N(c2ccc(Br)cn2)C1. The van der Waals surface area contributed by atoms with Gasteiger partial charge in [0.1, 0.15) is 5.82 Å². The molecule has 1 N–H and O–H groups in total. The molecule has 1 saturated heterocycles. The standard InChI is InChI=1S/C11H15BrN2O2/c1-16-10-4-9(7-15)14(6-10)11-3-2-8(12)5-13-11/h2-3,5,9-10,15H,4,6-7H2,1H3/t9-,10-/m0/s1. The minimum absolute atomic E-state index is 0.110.